The monoisotopic (exact) mass is 281 g/mol. The van der Waals surface area contributed by atoms with Crippen LogP contribution in [0.25, 0.3) is 0 Å². The molecule has 0 saturated carbocycles. The Kier molecular flexibility index (Phi) is 3.44. The van der Waals surface area contributed by atoms with Gasteiger partial charge in [0.25, 0.3) is 5.91 Å². The first-order chi connectivity index (χ1) is 8.91. The molecule has 2 rings (SSSR count). The number of nitrogens with one attached hydrogen (secondary N) is 1. The number of imide groups is 1. The molecule has 0 aromatic heterocycles. The maximum absolute atomic E-state index is 12.3. The van der Waals surface area contributed by atoms with Crippen molar-refractivity contribution >= 4 is 35.0 Å². The number of piperazine rings is 1. The smallest absolute Gasteiger partial charge is 0.257 e. The molecule has 1 fully saturated rings. The average molecular weight is 282 g/mol. The Morgan fingerprint density at radius 2 is 2.16 bits per heavy atom. The molecule has 1 saturated heterocycles. The Morgan fingerprint density at radius 1 is 1.47 bits per heavy atom. The number of carbonyl (C=O) groups is 3. The fraction of sp³-hybridized carbons (Fsp3) is 0.250. The van der Waals surface area contributed by atoms with E-state index in [0.29, 0.717) is 0 Å². The summed E-state index contributed by atoms with van der Waals surface area (Å²) in [7, 11) is 0. The van der Waals surface area contributed by atoms with Crippen molar-refractivity contribution in [3.8, 4) is 0 Å². The Morgan fingerprint density at radius 3 is 2.84 bits per heavy atom. The van der Waals surface area contributed by atoms with Gasteiger partial charge in [-0.25, -0.2) is 0 Å². The number of halogens is 1. The highest BCUT2D eigenvalue weighted by molar-refractivity contribution is 6.34. The number of hydrogen-bond acceptors (Lipinski definition) is 4. The number of nitrogen functional groups attached to an aromatic ring is 1. The molecule has 0 bridgehead atoms. The Bertz CT molecular complexity index is 573. The highest BCUT2D eigenvalue weighted by Crippen LogP contribution is 2.24. The van der Waals surface area contributed by atoms with Gasteiger partial charge in [0.15, 0.2) is 0 Å². The van der Waals surface area contributed by atoms with Gasteiger partial charge in [-0.3, -0.25) is 19.7 Å². The molecule has 100 valence electrons. The van der Waals surface area contributed by atoms with Crippen LogP contribution in [0.2, 0.25) is 5.02 Å². The van der Waals surface area contributed by atoms with Crippen LogP contribution in [-0.2, 0) is 9.59 Å². The van der Waals surface area contributed by atoms with E-state index in [1.807, 2.05) is 0 Å². The van der Waals surface area contributed by atoms with Crippen LogP contribution in [-0.4, -0.2) is 35.2 Å². The number of nitrogens with two attached hydrogens (primary N) is 1. The third-order valence-electron chi connectivity index (χ3n) is 2.97. The normalized spacial score (nSPS) is 19.3. The van der Waals surface area contributed by atoms with E-state index in [2.05, 4.69) is 5.32 Å². The summed E-state index contributed by atoms with van der Waals surface area (Å²) in [5.41, 5.74) is 6.06. The lowest BCUT2D eigenvalue weighted by molar-refractivity contribution is -0.138. The zero-order valence-corrected chi connectivity index (χ0v) is 10.9. The van der Waals surface area contributed by atoms with Gasteiger partial charge in [0.05, 0.1) is 16.3 Å². The van der Waals surface area contributed by atoms with Crippen LogP contribution >= 0.6 is 11.6 Å². The van der Waals surface area contributed by atoms with Gasteiger partial charge in [0.2, 0.25) is 11.8 Å². The molecule has 19 heavy (non-hydrogen) atoms. The van der Waals surface area contributed by atoms with E-state index in [1.165, 1.54) is 11.0 Å². The lowest BCUT2D eigenvalue weighted by atomic mass is 10.1. The van der Waals surface area contributed by atoms with Crippen molar-refractivity contribution in [3.05, 3.63) is 28.8 Å². The first-order valence-electron chi connectivity index (χ1n) is 5.60. The van der Waals surface area contributed by atoms with E-state index >= 15 is 0 Å². The SMILES string of the molecule is CC1C(=O)NC(=O)CN1C(=O)c1cccc(Cl)c1N. The van der Waals surface area contributed by atoms with Crippen LogP contribution < -0.4 is 11.1 Å². The van der Waals surface area contributed by atoms with E-state index in [9.17, 15) is 14.4 Å². The topological polar surface area (TPSA) is 92.5 Å². The van der Waals surface area contributed by atoms with Crippen LogP contribution in [0.4, 0.5) is 5.69 Å². The molecular formula is C12H12ClN3O3. The van der Waals surface area contributed by atoms with Gasteiger partial charge in [-0.2, -0.15) is 0 Å². The average Bonchev–Trinajstić information content (AvgIpc) is 2.36. The van der Waals surface area contributed by atoms with Crippen molar-refractivity contribution in [3.63, 3.8) is 0 Å². The number of amides is 3. The minimum absolute atomic E-state index is 0.139. The lowest BCUT2D eigenvalue weighted by Gasteiger charge is -2.32. The number of para-hydroxylation sites is 1. The highest BCUT2D eigenvalue weighted by Gasteiger charge is 2.34. The number of anilines is 1. The van der Waals surface area contributed by atoms with E-state index in [4.69, 9.17) is 17.3 Å². The molecule has 0 aliphatic carbocycles. The molecular weight excluding hydrogens is 270 g/mol. The van der Waals surface area contributed by atoms with Gasteiger partial charge in [0.1, 0.15) is 12.6 Å². The van der Waals surface area contributed by atoms with Gasteiger partial charge in [-0.05, 0) is 19.1 Å². The summed E-state index contributed by atoms with van der Waals surface area (Å²) in [5.74, 6) is -1.52. The fourth-order valence-corrected chi connectivity index (χ4v) is 2.02. The maximum Gasteiger partial charge on any atom is 0.257 e. The molecule has 1 atom stereocenters. The van der Waals surface area contributed by atoms with E-state index in [1.54, 1.807) is 19.1 Å². The predicted octanol–water partition coefficient (Wildman–Crippen LogP) is 0.409. The van der Waals surface area contributed by atoms with Crippen LogP contribution in [0, 0.1) is 0 Å². The molecule has 7 heteroatoms. The fourth-order valence-electron chi connectivity index (χ4n) is 1.84. The molecule has 1 aliphatic rings. The van der Waals surface area contributed by atoms with Crippen molar-refractivity contribution in [2.45, 2.75) is 13.0 Å². The Hall–Kier alpha value is -2.08. The third kappa shape index (κ3) is 2.39. The number of nitrogens with zero attached hydrogens (tertiary/aromatic N) is 1. The number of hydrogen-bond donors (Lipinski definition) is 2. The molecule has 1 aliphatic heterocycles. The third-order valence-corrected chi connectivity index (χ3v) is 3.30. The largest absolute Gasteiger partial charge is 0.397 e. The molecule has 3 N–H and O–H groups in total. The van der Waals surface area contributed by atoms with E-state index in [0.717, 1.165) is 0 Å². The minimum Gasteiger partial charge on any atom is -0.397 e. The molecule has 6 nitrogen and oxygen atoms in total. The summed E-state index contributed by atoms with van der Waals surface area (Å²) >= 11 is 5.85. The summed E-state index contributed by atoms with van der Waals surface area (Å²) < 4.78 is 0. The number of rotatable bonds is 1. The van der Waals surface area contributed by atoms with E-state index < -0.39 is 23.8 Å². The molecule has 0 radical (unpaired) electrons. The Labute approximate surface area is 114 Å². The van der Waals surface area contributed by atoms with Gasteiger partial charge in [-0.1, -0.05) is 17.7 Å². The summed E-state index contributed by atoms with van der Waals surface area (Å²) in [5, 5.41) is 2.42. The van der Waals surface area contributed by atoms with Crippen LogP contribution in [0.3, 0.4) is 0 Å². The second-order valence-electron chi connectivity index (χ2n) is 4.22. The molecule has 0 spiro atoms. The van der Waals surface area contributed by atoms with Crippen molar-refractivity contribution < 1.29 is 14.4 Å². The van der Waals surface area contributed by atoms with Gasteiger partial charge in [-0.15, -0.1) is 0 Å². The molecule has 1 heterocycles. The zero-order chi connectivity index (χ0) is 14.2. The zero-order valence-electron chi connectivity index (χ0n) is 10.1. The number of benzene rings is 1. The first-order valence-corrected chi connectivity index (χ1v) is 5.98. The second kappa shape index (κ2) is 4.89. The van der Waals surface area contributed by atoms with Crippen molar-refractivity contribution in [2.75, 3.05) is 12.3 Å². The first kappa shape index (κ1) is 13.4. The van der Waals surface area contributed by atoms with Crippen LogP contribution in [0.15, 0.2) is 18.2 Å². The predicted molar refractivity (Wildman–Crippen MR) is 69.5 cm³/mol. The minimum atomic E-state index is -0.733. The summed E-state index contributed by atoms with van der Waals surface area (Å²) in [6.45, 7) is 1.36. The maximum atomic E-state index is 12.3. The molecule has 1 aromatic carbocycles. The number of carbonyl (C=O) groups excluding carboxylic acids is 3. The van der Waals surface area contributed by atoms with E-state index in [-0.39, 0.29) is 22.8 Å². The quantitative estimate of drug-likeness (QED) is 0.576. The van der Waals surface area contributed by atoms with Gasteiger partial charge < -0.3 is 10.6 Å². The van der Waals surface area contributed by atoms with Crippen LogP contribution in [0.5, 0.6) is 0 Å². The van der Waals surface area contributed by atoms with Gasteiger partial charge in [0, 0.05) is 0 Å². The van der Waals surface area contributed by atoms with Crippen molar-refractivity contribution in [1.82, 2.24) is 10.2 Å². The standard InChI is InChI=1S/C12H12ClN3O3/c1-6-11(18)15-9(17)5-16(6)12(19)7-3-2-4-8(13)10(7)14/h2-4,6H,5,14H2,1H3,(H,15,17,18). The summed E-state index contributed by atoms with van der Waals surface area (Å²) in [4.78, 5) is 36.4. The van der Waals surface area contributed by atoms with Crippen molar-refractivity contribution in [1.29, 1.82) is 0 Å². The summed E-state index contributed by atoms with van der Waals surface area (Å²) in [6.07, 6.45) is 0. The lowest BCUT2D eigenvalue weighted by Crippen LogP contribution is -2.58. The molecule has 1 unspecified atom stereocenters. The summed E-state index contributed by atoms with van der Waals surface area (Å²) in [6, 6.07) is 3.92. The van der Waals surface area contributed by atoms with Gasteiger partial charge >= 0.3 is 0 Å². The molecule has 3 amide bonds. The van der Waals surface area contributed by atoms with Crippen LogP contribution in [0.1, 0.15) is 17.3 Å². The molecule has 1 aromatic rings. The highest BCUT2D eigenvalue weighted by atomic mass is 35.5. The second-order valence-corrected chi connectivity index (χ2v) is 4.63. The Balaban J connectivity index is 2.35. The van der Waals surface area contributed by atoms with Crippen molar-refractivity contribution in [2.24, 2.45) is 0 Å².